The topological polar surface area (TPSA) is 93.7 Å². The van der Waals surface area contributed by atoms with Crippen molar-refractivity contribution in [1.82, 2.24) is 0 Å². The van der Waals surface area contributed by atoms with Gasteiger partial charge in [-0.3, -0.25) is 9.52 Å². The first kappa shape index (κ1) is 21.1. The van der Waals surface area contributed by atoms with Crippen LogP contribution in [0.4, 0.5) is 15.8 Å². The highest BCUT2D eigenvalue weighted by molar-refractivity contribution is 7.92. The van der Waals surface area contributed by atoms with Crippen molar-refractivity contribution in [2.24, 2.45) is 0 Å². The number of benzene rings is 3. The average molecular weight is 430 g/mol. The van der Waals surface area contributed by atoms with Gasteiger partial charge in [-0.1, -0.05) is 24.3 Å². The Morgan fingerprint density at radius 2 is 1.50 bits per heavy atom. The number of para-hydroxylation sites is 2. The van der Waals surface area contributed by atoms with E-state index in [0.717, 1.165) is 6.07 Å². The minimum atomic E-state index is -4.01. The summed E-state index contributed by atoms with van der Waals surface area (Å²) in [5, 5.41) is 2.50. The van der Waals surface area contributed by atoms with Gasteiger partial charge in [0.1, 0.15) is 17.3 Å². The number of rotatable bonds is 7. The molecule has 1 amide bonds. The molecule has 0 aromatic heterocycles. The quantitative estimate of drug-likeness (QED) is 0.593. The Morgan fingerprint density at radius 3 is 2.20 bits per heavy atom. The normalized spacial score (nSPS) is 10.9. The van der Waals surface area contributed by atoms with E-state index in [1.165, 1.54) is 50.6 Å². The van der Waals surface area contributed by atoms with Crippen LogP contribution in [0.2, 0.25) is 0 Å². The van der Waals surface area contributed by atoms with E-state index in [1.54, 1.807) is 24.3 Å². The highest BCUT2D eigenvalue weighted by Gasteiger charge is 2.20. The fraction of sp³-hybridized carbons (Fsp3) is 0.0952. The van der Waals surface area contributed by atoms with Gasteiger partial charge in [0.15, 0.2) is 0 Å². The van der Waals surface area contributed by atoms with Crippen LogP contribution in [0, 0.1) is 5.82 Å². The van der Waals surface area contributed by atoms with E-state index in [1.807, 2.05) is 0 Å². The molecule has 0 aliphatic carbocycles. The zero-order valence-electron chi connectivity index (χ0n) is 16.2. The average Bonchev–Trinajstić information content (AvgIpc) is 2.74. The van der Waals surface area contributed by atoms with Gasteiger partial charge in [0.25, 0.3) is 15.9 Å². The number of hydrogen-bond acceptors (Lipinski definition) is 5. The zero-order valence-corrected chi connectivity index (χ0v) is 17.0. The number of carbonyl (C=O) groups is 1. The van der Waals surface area contributed by atoms with Crippen LogP contribution in [-0.2, 0) is 10.0 Å². The number of methoxy groups -OCH3 is 2. The lowest BCUT2D eigenvalue weighted by molar-refractivity contribution is 0.102. The zero-order chi connectivity index (χ0) is 21.7. The Bertz CT molecular complexity index is 1180. The lowest BCUT2D eigenvalue weighted by Gasteiger charge is -2.15. The Hall–Kier alpha value is -3.59. The molecule has 0 spiro atoms. The number of nitrogens with one attached hydrogen (secondary N) is 2. The van der Waals surface area contributed by atoms with Gasteiger partial charge in [-0.05, 0) is 42.5 Å². The third-order valence-electron chi connectivity index (χ3n) is 4.20. The Labute approximate surface area is 173 Å². The Morgan fingerprint density at radius 1 is 0.867 bits per heavy atom. The molecule has 0 aliphatic heterocycles. The molecule has 0 saturated carbocycles. The van der Waals surface area contributed by atoms with Gasteiger partial charge in [0.05, 0.1) is 36.1 Å². The predicted molar refractivity (Wildman–Crippen MR) is 111 cm³/mol. The third-order valence-corrected chi connectivity index (χ3v) is 5.56. The van der Waals surface area contributed by atoms with Crippen molar-refractivity contribution in [1.29, 1.82) is 0 Å². The summed E-state index contributed by atoms with van der Waals surface area (Å²) in [4.78, 5) is 12.3. The summed E-state index contributed by atoms with van der Waals surface area (Å²) in [7, 11) is -1.22. The molecule has 0 heterocycles. The van der Waals surface area contributed by atoms with Crippen LogP contribution in [0.25, 0.3) is 0 Å². The summed E-state index contributed by atoms with van der Waals surface area (Å²) in [6, 6.07) is 16.0. The molecule has 0 fully saturated rings. The number of anilines is 2. The summed E-state index contributed by atoms with van der Waals surface area (Å²) in [5.41, 5.74) is 0.154. The van der Waals surface area contributed by atoms with E-state index in [-0.39, 0.29) is 27.6 Å². The van der Waals surface area contributed by atoms with E-state index in [2.05, 4.69) is 10.0 Å². The summed E-state index contributed by atoms with van der Waals surface area (Å²) in [6.07, 6.45) is 0. The number of halogens is 1. The summed E-state index contributed by atoms with van der Waals surface area (Å²) >= 11 is 0. The van der Waals surface area contributed by atoms with Gasteiger partial charge < -0.3 is 14.8 Å². The monoisotopic (exact) mass is 430 g/mol. The van der Waals surface area contributed by atoms with Crippen molar-refractivity contribution >= 4 is 27.3 Å². The minimum absolute atomic E-state index is 0.0775. The molecular formula is C21H19FN2O5S. The van der Waals surface area contributed by atoms with Crippen LogP contribution in [0.5, 0.6) is 11.5 Å². The number of sulfonamides is 1. The van der Waals surface area contributed by atoms with Crippen molar-refractivity contribution in [2.45, 2.75) is 4.90 Å². The molecular weight excluding hydrogens is 411 g/mol. The molecule has 0 atom stereocenters. The molecule has 9 heteroatoms. The first-order valence-electron chi connectivity index (χ1n) is 8.75. The molecule has 7 nitrogen and oxygen atoms in total. The highest BCUT2D eigenvalue weighted by atomic mass is 32.2. The standard InChI is InChI=1S/C21H19FN2O5S/c1-28-19-10-6-5-9-17(19)24-30(26,27)14-11-12-20(29-2)18(13-14)23-21(25)15-7-3-4-8-16(15)22/h3-13,24H,1-2H3,(H,23,25). The molecule has 156 valence electrons. The maximum Gasteiger partial charge on any atom is 0.262 e. The lowest BCUT2D eigenvalue weighted by atomic mass is 10.2. The second-order valence-corrected chi connectivity index (χ2v) is 7.78. The van der Waals surface area contributed by atoms with Crippen LogP contribution in [0.3, 0.4) is 0 Å². The van der Waals surface area contributed by atoms with Crippen molar-refractivity contribution in [3.05, 3.63) is 78.1 Å². The van der Waals surface area contributed by atoms with E-state index >= 15 is 0 Å². The second kappa shape index (κ2) is 8.83. The first-order valence-corrected chi connectivity index (χ1v) is 10.2. The molecule has 3 aromatic rings. The van der Waals surface area contributed by atoms with Gasteiger partial charge in [-0.15, -0.1) is 0 Å². The molecule has 0 saturated heterocycles. The van der Waals surface area contributed by atoms with Crippen LogP contribution in [-0.4, -0.2) is 28.5 Å². The number of hydrogen-bond donors (Lipinski definition) is 2. The molecule has 0 aliphatic rings. The molecule has 3 rings (SSSR count). The van der Waals surface area contributed by atoms with E-state index in [0.29, 0.717) is 5.75 Å². The fourth-order valence-electron chi connectivity index (χ4n) is 2.72. The van der Waals surface area contributed by atoms with Gasteiger partial charge in [0, 0.05) is 0 Å². The lowest BCUT2D eigenvalue weighted by Crippen LogP contribution is -2.16. The van der Waals surface area contributed by atoms with Crippen LogP contribution < -0.4 is 19.5 Å². The second-order valence-electron chi connectivity index (χ2n) is 6.10. The molecule has 30 heavy (non-hydrogen) atoms. The maximum atomic E-state index is 13.9. The molecule has 0 radical (unpaired) electrons. The fourth-order valence-corrected chi connectivity index (χ4v) is 3.82. The van der Waals surface area contributed by atoms with Gasteiger partial charge >= 0.3 is 0 Å². The van der Waals surface area contributed by atoms with E-state index in [9.17, 15) is 17.6 Å². The van der Waals surface area contributed by atoms with E-state index in [4.69, 9.17) is 9.47 Å². The molecule has 3 aromatic carbocycles. The van der Waals surface area contributed by atoms with Crippen molar-refractivity contribution in [3.8, 4) is 11.5 Å². The van der Waals surface area contributed by atoms with Crippen molar-refractivity contribution in [3.63, 3.8) is 0 Å². The number of amides is 1. The largest absolute Gasteiger partial charge is 0.495 e. The number of ether oxygens (including phenoxy) is 2. The minimum Gasteiger partial charge on any atom is -0.495 e. The SMILES string of the molecule is COc1ccc(S(=O)(=O)Nc2ccccc2OC)cc1NC(=O)c1ccccc1F. The predicted octanol–water partition coefficient (Wildman–Crippen LogP) is 3.90. The highest BCUT2D eigenvalue weighted by Crippen LogP contribution is 2.31. The van der Waals surface area contributed by atoms with E-state index < -0.39 is 21.7 Å². The van der Waals surface area contributed by atoms with Crippen LogP contribution in [0.1, 0.15) is 10.4 Å². The number of carbonyl (C=O) groups excluding carboxylic acids is 1. The Balaban J connectivity index is 1.93. The van der Waals surface area contributed by atoms with Crippen molar-refractivity contribution < 1.29 is 27.1 Å². The van der Waals surface area contributed by atoms with Crippen LogP contribution in [0.15, 0.2) is 71.6 Å². The van der Waals surface area contributed by atoms with Crippen LogP contribution >= 0.6 is 0 Å². The van der Waals surface area contributed by atoms with Gasteiger partial charge in [-0.2, -0.15) is 0 Å². The van der Waals surface area contributed by atoms with Gasteiger partial charge in [0.2, 0.25) is 0 Å². The molecule has 2 N–H and O–H groups in total. The Kier molecular flexibility index (Phi) is 6.22. The maximum absolute atomic E-state index is 13.9. The summed E-state index contributed by atoms with van der Waals surface area (Å²) < 4.78 is 52.4. The van der Waals surface area contributed by atoms with Gasteiger partial charge in [-0.25, -0.2) is 12.8 Å². The third kappa shape index (κ3) is 4.52. The first-order chi connectivity index (χ1) is 14.4. The molecule has 0 bridgehead atoms. The molecule has 0 unspecified atom stereocenters. The summed E-state index contributed by atoms with van der Waals surface area (Å²) in [6.45, 7) is 0. The smallest absolute Gasteiger partial charge is 0.262 e. The summed E-state index contributed by atoms with van der Waals surface area (Å²) in [5.74, 6) is -0.868. The van der Waals surface area contributed by atoms with Crippen molar-refractivity contribution in [2.75, 3.05) is 24.3 Å².